The number of carbonyl (C=O) groups is 1. The highest BCUT2D eigenvalue weighted by molar-refractivity contribution is 5.73. The van der Waals surface area contributed by atoms with Crippen molar-refractivity contribution in [2.24, 2.45) is 5.92 Å². The molecule has 2 rings (SSSR count). The van der Waals surface area contributed by atoms with Gasteiger partial charge in [0.05, 0.1) is 13.3 Å². The van der Waals surface area contributed by atoms with Gasteiger partial charge in [0.15, 0.2) is 6.04 Å². The van der Waals surface area contributed by atoms with Gasteiger partial charge in [0.2, 0.25) is 0 Å². The SMILES string of the molecule is COC(=O)C(CC1CCCC1)n1ncc(O)cc1=O. The first-order chi connectivity index (χ1) is 9.11. The quantitative estimate of drug-likeness (QED) is 0.829. The van der Waals surface area contributed by atoms with Crippen molar-refractivity contribution in [1.29, 1.82) is 0 Å². The summed E-state index contributed by atoms with van der Waals surface area (Å²) < 4.78 is 5.86. The maximum Gasteiger partial charge on any atom is 0.330 e. The third kappa shape index (κ3) is 3.13. The topological polar surface area (TPSA) is 81.4 Å². The fourth-order valence-electron chi connectivity index (χ4n) is 2.64. The second-order valence-electron chi connectivity index (χ2n) is 4.92. The Morgan fingerprint density at radius 3 is 2.84 bits per heavy atom. The highest BCUT2D eigenvalue weighted by atomic mass is 16.5. The molecule has 1 unspecified atom stereocenters. The third-order valence-electron chi connectivity index (χ3n) is 3.61. The summed E-state index contributed by atoms with van der Waals surface area (Å²) in [5.41, 5.74) is -0.492. The van der Waals surface area contributed by atoms with Crippen molar-refractivity contribution in [1.82, 2.24) is 9.78 Å². The normalized spacial score (nSPS) is 17.3. The van der Waals surface area contributed by atoms with Crippen LogP contribution in [0.15, 0.2) is 17.1 Å². The smallest absolute Gasteiger partial charge is 0.330 e. The van der Waals surface area contributed by atoms with Gasteiger partial charge in [-0.25, -0.2) is 9.48 Å². The van der Waals surface area contributed by atoms with Crippen LogP contribution in [0.4, 0.5) is 0 Å². The van der Waals surface area contributed by atoms with Crippen LogP contribution in [0, 0.1) is 5.92 Å². The highest BCUT2D eigenvalue weighted by Crippen LogP contribution is 2.31. The van der Waals surface area contributed by atoms with Gasteiger partial charge >= 0.3 is 5.97 Å². The molecule has 1 aromatic rings. The van der Waals surface area contributed by atoms with Crippen LogP contribution >= 0.6 is 0 Å². The Balaban J connectivity index is 2.25. The second-order valence-corrected chi connectivity index (χ2v) is 4.92. The van der Waals surface area contributed by atoms with Crippen LogP contribution in [0.5, 0.6) is 5.75 Å². The van der Waals surface area contributed by atoms with Gasteiger partial charge in [-0.15, -0.1) is 0 Å². The van der Waals surface area contributed by atoms with Crippen molar-refractivity contribution in [2.75, 3.05) is 7.11 Å². The minimum Gasteiger partial charge on any atom is -0.506 e. The predicted octanol–water partition coefficient (Wildman–Crippen LogP) is 1.24. The van der Waals surface area contributed by atoms with Crippen molar-refractivity contribution >= 4 is 5.97 Å². The van der Waals surface area contributed by atoms with E-state index in [0.717, 1.165) is 42.6 Å². The van der Waals surface area contributed by atoms with Gasteiger partial charge < -0.3 is 9.84 Å². The highest BCUT2D eigenvalue weighted by Gasteiger charge is 2.28. The largest absolute Gasteiger partial charge is 0.506 e. The van der Waals surface area contributed by atoms with Crippen LogP contribution in [0.2, 0.25) is 0 Å². The molecule has 0 spiro atoms. The van der Waals surface area contributed by atoms with E-state index in [0.29, 0.717) is 12.3 Å². The van der Waals surface area contributed by atoms with Crippen molar-refractivity contribution in [3.05, 3.63) is 22.6 Å². The molecule has 1 aliphatic rings. The van der Waals surface area contributed by atoms with E-state index in [2.05, 4.69) is 5.10 Å². The lowest BCUT2D eigenvalue weighted by atomic mass is 9.98. The summed E-state index contributed by atoms with van der Waals surface area (Å²) in [7, 11) is 1.30. The Morgan fingerprint density at radius 2 is 2.26 bits per heavy atom. The molecule has 1 fully saturated rings. The molecule has 0 saturated heterocycles. The summed E-state index contributed by atoms with van der Waals surface area (Å²) in [6, 6.07) is 0.346. The Labute approximate surface area is 111 Å². The maximum atomic E-state index is 11.9. The van der Waals surface area contributed by atoms with E-state index in [1.54, 1.807) is 0 Å². The predicted molar refractivity (Wildman–Crippen MR) is 67.8 cm³/mol. The zero-order valence-electron chi connectivity index (χ0n) is 10.9. The molecule has 1 atom stereocenters. The van der Waals surface area contributed by atoms with Gasteiger partial charge in [-0.05, 0) is 12.3 Å². The second kappa shape index (κ2) is 5.86. The summed E-state index contributed by atoms with van der Waals surface area (Å²) in [4.78, 5) is 23.7. The van der Waals surface area contributed by atoms with E-state index in [1.165, 1.54) is 7.11 Å². The molecule has 1 N–H and O–H groups in total. The van der Waals surface area contributed by atoms with Crippen LogP contribution < -0.4 is 5.56 Å². The Bertz CT molecular complexity index is 506. The standard InChI is InChI=1S/C13H18N2O4/c1-19-13(18)11(6-9-4-2-3-5-9)15-12(17)7-10(16)8-14-15/h7-9,11,16H,2-6H2,1H3. The van der Waals surface area contributed by atoms with Gasteiger partial charge in [-0.3, -0.25) is 4.79 Å². The zero-order valence-corrected chi connectivity index (χ0v) is 10.9. The van der Waals surface area contributed by atoms with E-state index in [1.807, 2.05) is 0 Å². The average molecular weight is 266 g/mol. The van der Waals surface area contributed by atoms with E-state index in [-0.39, 0.29) is 5.75 Å². The van der Waals surface area contributed by atoms with E-state index >= 15 is 0 Å². The van der Waals surface area contributed by atoms with Gasteiger partial charge in [-0.2, -0.15) is 5.10 Å². The average Bonchev–Trinajstić information content (AvgIpc) is 2.89. The molecule has 6 nitrogen and oxygen atoms in total. The number of methoxy groups -OCH3 is 1. The Hall–Kier alpha value is -1.85. The van der Waals surface area contributed by atoms with E-state index in [4.69, 9.17) is 4.74 Å². The van der Waals surface area contributed by atoms with Crippen LogP contribution in [0.3, 0.4) is 0 Å². The van der Waals surface area contributed by atoms with Gasteiger partial charge in [0, 0.05) is 6.07 Å². The molecule has 1 heterocycles. The molecular weight excluding hydrogens is 248 g/mol. The Kier molecular flexibility index (Phi) is 4.19. The molecule has 0 aliphatic heterocycles. The van der Waals surface area contributed by atoms with Gasteiger partial charge in [0.1, 0.15) is 5.75 Å². The van der Waals surface area contributed by atoms with Gasteiger partial charge in [0.25, 0.3) is 5.56 Å². The summed E-state index contributed by atoms with van der Waals surface area (Å²) >= 11 is 0. The molecule has 104 valence electrons. The molecule has 1 aromatic heterocycles. The van der Waals surface area contributed by atoms with Crippen LogP contribution in [-0.2, 0) is 9.53 Å². The monoisotopic (exact) mass is 266 g/mol. The first-order valence-electron chi connectivity index (χ1n) is 6.47. The lowest BCUT2D eigenvalue weighted by Crippen LogP contribution is -2.33. The number of rotatable bonds is 4. The molecule has 6 heteroatoms. The van der Waals surface area contributed by atoms with E-state index in [9.17, 15) is 14.7 Å². The molecule has 0 amide bonds. The zero-order chi connectivity index (χ0) is 13.8. The fraction of sp³-hybridized carbons (Fsp3) is 0.615. The van der Waals surface area contributed by atoms with Crippen molar-refractivity contribution in [2.45, 2.75) is 38.1 Å². The van der Waals surface area contributed by atoms with Crippen LogP contribution in [0.1, 0.15) is 38.1 Å². The maximum absolute atomic E-state index is 11.9. The molecular formula is C13H18N2O4. The summed E-state index contributed by atoms with van der Waals surface area (Å²) in [5.74, 6) is -0.246. The number of esters is 1. The fourth-order valence-corrected chi connectivity index (χ4v) is 2.64. The van der Waals surface area contributed by atoms with Crippen LogP contribution in [-0.4, -0.2) is 28.0 Å². The number of hydrogen-bond acceptors (Lipinski definition) is 5. The summed E-state index contributed by atoms with van der Waals surface area (Å²) in [6.45, 7) is 0. The number of carbonyl (C=O) groups excluding carboxylic acids is 1. The molecule has 1 aliphatic carbocycles. The first kappa shape index (κ1) is 13.6. The Morgan fingerprint density at radius 1 is 1.58 bits per heavy atom. The summed E-state index contributed by atoms with van der Waals surface area (Å²) in [5, 5.41) is 13.0. The lowest BCUT2D eigenvalue weighted by Gasteiger charge is -2.19. The van der Waals surface area contributed by atoms with Crippen molar-refractivity contribution in [3.63, 3.8) is 0 Å². The van der Waals surface area contributed by atoms with Crippen molar-refractivity contribution in [3.8, 4) is 5.75 Å². The van der Waals surface area contributed by atoms with Crippen molar-refractivity contribution < 1.29 is 14.6 Å². The number of hydrogen-bond donors (Lipinski definition) is 1. The molecule has 0 radical (unpaired) electrons. The van der Waals surface area contributed by atoms with Gasteiger partial charge in [-0.1, -0.05) is 25.7 Å². The third-order valence-corrected chi connectivity index (χ3v) is 3.61. The van der Waals surface area contributed by atoms with Crippen LogP contribution in [0.25, 0.3) is 0 Å². The number of aromatic nitrogens is 2. The lowest BCUT2D eigenvalue weighted by molar-refractivity contribution is -0.145. The van der Waals surface area contributed by atoms with E-state index < -0.39 is 17.6 Å². The molecule has 0 bridgehead atoms. The number of aromatic hydroxyl groups is 1. The molecule has 19 heavy (non-hydrogen) atoms. The number of nitrogens with zero attached hydrogens (tertiary/aromatic N) is 2. The first-order valence-corrected chi connectivity index (χ1v) is 6.47. The molecule has 1 saturated carbocycles. The molecule has 0 aromatic carbocycles. The minimum absolute atomic E-state index is 0.203. The summed E-state index contributed by atoms with van der Waals surface area (Å²) in [6.07, 6.45) is 6.18. The minimum atomic E-state index is -0.707. The number of ether oxygens (including phenoxy) is 1.